The van der Waals surface area contributed by atoms with Crippen LogP contribution in [0.25, 0.3) is 10.1 Å². The molecule has 2 rings (SSSR count). The van der Waals surface area contributed by atoms with Gasteiger partial charge in [0.25, 0.3) is 0 Å². The first-order valence-corrected chi connectivity index (χ1v) is 6.57. The van der Waals surface area contributed by atoms with Crippen LogP contribution in [0.4, 0.5) is 0 Å². The Labute approximate surface area is 101 Å². The van der Waals surface area contributed by atoms with E-state index in [4.69, 9.17) is 0 Å². The Morgan fingerprint density at radius 1 is 1.38 bits per heavy atom. The van der Waals surface area contributed by atoms with Crippen LogP contribution >= 0.6 is 23.1 Å². The summed E-state index contributed by atoms with van der Waals surface area (Å²) in [5.41, 5.74) is -0.0132. The van der Waals surface area contributed by atoms with Gasteiger partial charge in [0.15, 0.2) is 10.5 Å². The van der Waals surface area contributed by atoms with Crippen LogP contribution < -0.4 is 5.43 Å². The normalized spacial score (nSPS) is 10.6. The molecule has 2 aromatic rings. The molecular weight excluding hydrogens is 240 g/mol. The monoisotopic (exact) mass is 250 g/mol. The number of carbonyl (C=O) groups excluding carboxylic acids is 1. The van der Waals surface area contributed by atoms with Gasteiger partial charge in [-0.25, -0.2) is 0 Å². The first kappa shape index (κ1) is 11.4. The first-order chi connectivity index (χ1) is 7.70. The molecule has 82 valence electrons. The highest BCUT2D eigenvalue weighted by Crippen LogP contribution is 2.28. The van der Waals surface area contributed by atoms with Crippen molar-refractivity contribution in [1.82, 2.24) is 0 Å². The largest absolute Gasteiger partial charge is 0.289 e. The lowest BCUT2D eigenvalue weighted by Crippen LogP contribution is -1.98. The number of hydrogen-bond acceptors (Lipinski definition) is 4. The fraction of sp³-hybridized carbons (Fsp3) is 0.167. The van der Waals surface area contributed by atoms with Crippen LogP contribution in [0.1, 0.15) is 13.3 Å². The molecular formula is C12H10O2S2. The van der Waals surface area contributed by atoms with Crippen LogP contribution in [-0.4, -0.2) is 5.12 Å². The summed E-state index contributed by atoms with van der Waals surface area (Å²) in [6, 6.07) is 9.01. The van der Waals surface area contributed by atoms with Gasteiger partial charge in [0.1, 0.15) is 0 Å². The molecule has 0 saturated heterocycles. The maximum atomic E-state index is 11.8. The minimum Gasteiger partial charge on any atom is -0.289 e. The third kappa shape index (κ3) is 2.33. The van der Waals surface area contributed by atoms with Gasteiger partial charge in [-0.15, -0.1) is 11.3 Å². The molecule has 0 radical (unpaired) electrons. The maximum absolute atomic E-state index is 11.8. The molecule has 0 spiro atoms. The van der Waals surface area contributed by atoms with Crippen molar-refractivity contribution in [1.29, 1.82) is 0 Å². The van der Waals surface area contributed by atoms with Crippen LogP contribution in [-0.2, 0) is 4.79 Å². The van der Waals surface area contributed by atoms with Gasteiger partial charge in [-0.05, 0) is 23.9 Å². The van der Waals surface area contributed by atoms with Gasteiger partial charge < -0.3 is 0 Å². The van der Waals surface area contributed by atoms with E-state index in [1.54, 1.807) is 6.07 Å². The molecule has 2 nitrogen and oxygen atoms in total. The number of fused-ring (bicyclic) bond motifs is 1. The lowest BCUT2D eigenvalue weighted by molar-refractivity contribution is -0.110. The van der Waals surface area contributed by atoms with Crippen molar-refractivity contribution in [2.75, 3.05) is 0 Å². The minimum absolute atomic E-state index is 0.0132. The highest BCUT2D eigenvalue weighted by molar-refractivity contribution is 8.15. The second-order valence-corrected chi connectivity index (χ2v) is 5.69. The summed E-state index contributed by atoms with van der Waals surface area (Å²) < 4.78 is 1.71. The van der Waals surface area contributed by atoms with Gasteiger partial charge in [-0.1, -0.05) is 19.1 Å². The van der Waals surface area contributed by atoms with Crippen molar-refractivity contribution in [3.8, 4) is 0 Å². The quantitative estimate of drug-likeness (QED) is 0.767. The predicted octanol–water partition coefficient (Wildman–Crippen LogP) is 3.29. The maximum Gasteiger partial charge on any atom is 0.194 e. The van der Waals surface area contributed by atoms with Gasteiger partial charge >= 0.3 is 0 Å². The molecule has 0 aliphatic carbocycles. The zero-order chi connectivity index (χ0) is 11.5. The summed E-state index contributed by atoms with van der Waals surface area (Å²) in [6.45, 7) is 1.82. The molecule has 0 atom stereocenters. The Bertz CT molecular complexity index is 587. The van der Waals surface area contributed by atoms with Crippen molar-refractivity contribution >= 4 is 38.3 Å². The van der Waals surface area contributed by atoms with E-state index in [9.17, 15) is 9.59 Å². The van der Waals surface area contributed by atoms with Crippen LogP contribution in [0.3, 0.4) is 0 Å². The molecule has 4 heteroatoms. The summed E-state index contributed by atoms with van der Waals surface area (Å²) in [6.07, 6.45) is 0.485. The lowest BCUT2D eigenvalue weighted by Gasteiger charge is -1.99. The van der Waals surface area contributed by atoms with Crippen LogP contribution in [0, 0.1) is 0 Å². The number of thioether (sulfide) groups is 1. The van der Waals surface area contributed by atoms with Crippen LogP contribution in [0.15, 0.2) is 39.3 Å². The molecule has 16 heavy (non-hydrogen) atoms. The highest BCUT2D eigenvalue weighted by Gasteiger charge is 2.06. The van der Waals surface area contributed by atoms with E-state index < -0.39 is 0 Å². The molecule has 0 unspecified atom stereocenters. The van der Waals surface area contributed by atoms with Crippen LogP contribution in [0.2, 0.25) is 0 Å². The second-order valence-electron chi connectivity index (χ2n) is 3.25. The molecule has 0 aliphatic heterocycles. The topological polar surface area (TPSA) is 34.1 Å². The number of hydrogen-bond donors (Lipinski definition) is 0. The Morgan fingerprint density at radius 2 is 2.12 bits per heavy atom. The summed E-state index contributed by atoms with van der Waals surface area (Å²) in [5.74, 6) is 0. The van der Waals surface area contributed by atoms with Crippen molar-refractivity contribution < 1.29 is 4.79 Å². The first-order valence-electron chi connectivity index (χ1n) is 4.94. The van der Waals surface area contributed by atoms with Gasteiger partial charge in [-0.2, -0.15) is 0 Å². The number of rotatable bonds is 2. The zero-order valence-corrected chi connectivity index (χ0v) is 10.4. The molecule has 1 aromatic carbocycles. The van der Waals surface area contributed by atoms with Gasteiger partial charge in [0.05, 0.1) is 4.21 Å². The average Bonchev–Trinajstić information content (AvgIpc) is 2.29. The fourth-order valence-electron chi connectivity index (χ4n) is 1.32. The van der Waals surface area contributed by atoms with Gasteiger partial charge in [0.2, 0.25) is 0 Å². The van der Waals surface area contributed by atoms with E-state index in [2.05, 4.69) is 0 Å². The number of benzene rings is 1. The Hall–Kier alpha value is -1.13. The molecule has 0 N–H and O–H groups in total. The average molecular weight is 250 g/mol. The summed E-state index contributed by atoms with van der Waals surface area (Å²) >= 11 is 2.64. The highest BCUT2D eigenvalue weighted by atomic mass is 32.2. The fourth-order valence-corrected chi connectivity index (χ4v) is 3.37. The van der Waals surface area contributed by atoms with Crippen molar-refractivity contribution in [3.05, 3.63) is 40.6 Å². The van der Waals surface area contributed by atoms with E-state index in [1.165, 1.54) is 11.3 Å². The minimum atomic E-state index is -0.0132. The molecule has 0 bridgehead atoms. The van der Waals surface area contributed by atoms with Crippen molar-refractivity contribution in [2.45, 2.75) is 17.6 Å². The Morgan fingerprint density at radius 3 is 2.88 bits per heavy atom. The predicted molar refractivity (Wildman–Crippen MR) is 69.3 cm³/mol. The summed E-state index contributed by atoms with van der Waals surface area (Å²) in [4.78, 5) is 23.0. The summed E-state index contributed by atoms with van der Waals surface area (Å²) in [7, 11) is 0. The van der Waals surface area contributed by atoms with Crippen LogP contribution in [0.5, 0.6) is 0 Å². The van der Waals surface area contributed by atoms with Gasteiger partial charge in [0, 0.05) is 22.6 Å². The molecule has 1 aromatic heterocycles. The van der Waals surface area contributed by atoms with E-state index >= 15 is 0 Å². The standard InChI is InChI=1S/C12H10O2S2/c1-2-11(14)16-12-7-9(13)8-5-3-4-6-10(8)15-12/h3-7H,2H2,1H3. The smallest absolute Gasteiger partial charge is 0.194 e. The Balaban J connectivity index is 2.50. The van der Waals surface area contributed by atoms with E-state index in [0.29, 0.717) is 6.42 Å². The van der Waals surface area contributed by atoms with Crippen molar-refractivity contribution in [2.24, 2.45) is 0 Å². The SMILES string of the molecule is CCC(=O)Sc1cc(=O)c2ccccc2s1. The van der Waals surface area contributed by atoms with E-state index in [0.717, 1.165) is 26.1 Å². The molecule has 0 saturated carbocycles. The van der Waals surface area contributed by atoms with E-state index in [1.807, 2.05) is 31.2 Å². The molecule has 1 heterocycles. The Kier molecular flexibility index (Phi) is 3.41. The van der Waals surface area contributed by atoms with E-state index in [-0.39, 0.29) is 10.5 Å². The summed E-state index contributed by atoms with van der Waals surface area (Å²) in [5, 5.41) is 0.812. The lowest BCUT2D eigenvalue weighted by atomic mass is 10.2. The third-order valence-corrected chi connectivity index (χ3v) is 4.35. The molecule has 0 aliphatic rings. The second kappa shape index (κ2) is 4.80. The van der Waals surface area contributed by atoms with Gasteiger partial charge in [-0.3, -0.25) is 9.59 Å². The molecule has 0 amide bonds. The molecule has 0 fully saturated rings. The van der Waals surface area contributed by atoms with Crippen molar-refractivity contribution in [3.63, 3.8) is 0 Å². The zero-order valence-electron chi connectivity index (χ0n) is 8.73. The third-order valence-electron chi connectivity index (χ3n) is 2.12. The number of carbonyl (C=O) groups is 1.